The fourth-order valence-electron chi connectivity index (χ4n) is 3.59. The molecule has 26 heavy (non-hydrogen) atoms. The largest absolute Gasteiger partial charge is 0.324 e. The summed E-state index contributed by atoms with van der Waals surface area (Å²) < 4.78 is 15.6. The Morgan fingerprint density at radius 3 is 2.96 bits per heavy atom. The zero-order valence-corrected chi connectivity index (χ0v) is 15.1. The van der Waals surface area contributed by atoms with Gasteiger partial charge in [0.15, 0.2) is 0 Å². The van der Waals surface area contributed by atoms with Crippen LogP contribution in [0.4, 0.5) is 10.1 Å². The zero-order chi connectivity index (χ0) is 18.2. The fraction of sp³-hybridized carbons (Fsp3) is 0.500. The second kappa shape index (κ2) is 9.48. The normalized spacial score (nSPS) is 18.0. The fourth-order valence-corrected chi connectivity index (χ4v) is 3.59. The number of nitrogens with one attached hydrogen (secondary N) is 1. The molecule has 1 fully saturated rings. The second-order valence-electron chi connectivity index (χ2n) is 7.00. The Bertz CT molecular complexity index is 689. The van der Waals surface area contributed by atoms with E-state index in [-0.39, 0.29) is 17.4 Å². The van der Waals surface area contributed by atoms with Crippen molar-refractivity contribution in [1.29, 1.82) is 0 Å². The number of aryl methyl sites for hydroxylation is 1. The van der Waals surface area contributed by atoms with E-state index in [1.165, 1.54) is 18.9 Å². The molecule has 0 saturated carbocycles. The number of halogens is 1. The second-order valence-corrected chi connectivity index (χ2v) is 7.00. The summed E-state index contributed by atoms with van der Waals surface area (Å²) in [5, 5.41) is 6.90. The monoisotopic (exact) mass is 358 g/mol. The molecule has 5 nitrogen and oxygen atoms in total. The maximum absolute atomic E-state index is 13.6. The SMILES string of the molecule is O=C(CC[C@H]1CCCN(CCCn2cccn2)C1)Nc1ccccc1F. The van der Waals surface area contributed by atoms with Gasteiger partial charge in [0.05, 0.1) is 5.69 Å². The van der Waals surface area contributed by atoms with E-state index in [4.69, 9.17) is 0 Å². The molecule has 1 aromatic heterocycles. The van der Waals surface area contributed by atoms with Crippen LogP contribution in [-0.2, 0) is 11.3 Å². The summed E-state index contributed by atoms with van der Waals surface area (Å²) in [5.74, 6) is 0.0487. The summed E-state index contributed by atoms with van der Waals surface area (Å²) in [6.45, 7) is 4.19. The quantitative estimate of drug-likeness (QED) is 0.785. The van der Waals surface area contributed by atoms with Crippen molar-refractivity contribution in [3.63, 3.8) is 0 Å². The van der Waals surface area contributed by atoms with E-state index < -0.39 is 0 Å². The summed E-state index contributed by atoms with van der Waals surface area (Å²) in [7, 11) is 0. The minimum absolute atomic E-state index is 0.106. The zero-order valence-electron chi connectivity index (χ0n) is 15.1. The number of para-hydroxylation sites is 1. The summed E-state index contributed by atoms with van der Waals surface area (Å²) in [6, 6.07) is 8.24. The summed E-state index contributed by atoms with van der Waals surface area (Å²) in [6.07, 6.45) is 8.54. The summed E-state index contributed by atoms with van der Waals surface area (Å²) in [4.78, 5) is 14.6. The van der Waals surface area contributed by atoms with Crippen LogP contribution in [0, 0.1) is 11.7 Å². The number of piperidine rings is 1. The highest BCUT2D eigenvalue weighted by molar-refractivity contribution is 5.90. The lowest BCUT2D eigenvalue weighted by atomic mass is 9.93. The van der Waals surface area contributed by atoms with Crippen LogP contribution in [-0.4, -0.2) is 40.2 Å². The number of hydrogen-bond donors (Lipinski definition) is 1. The number of carbonyl (C=O) groups is 1. The molecule has 0 spiro atoms. The Balaban J connectivity index is 1.36. The molecule has 6 heteroatoms. The average Bonchev–Trinajstić information content (AvgIpc) is 3.16. The highest BCUT2D eigenvalue weighted by atomic mass is 19.1. The first-order valence-corrected chi connectivity index (χ1v) is 9.45. The summed E-state index contributed by atoms with van der Waals surface area (Å²) in [5.41, 5.74) is 0.265. The van der Waals surface area contributed by atoms with E-state index in [0.717, 1.165) is 39.0 Å². The Labute approximate surface area is 154 Å². The van der Waals surface area contributed by atoms with Crippen LogP contribution >= 0.6 is 0 Å². The van der Waals surface area contributed by atoms with Crippen LogP contribution in [0.25, 0.3) is 0 Å². The maximum atomic E-state index is 13.6. The molecular formula is C20H27FN4O. The van der Waals surface area contributed by atoms with Gasteiger partial charge in [-0.2, -0.15) is 5.10 Å². The van der Waals surface area contributed by atoms with Crippen molar-refractivity contribution in [1.82, 2.24) is 14.7 Å². The number of nitrogens with zero attached hydrogens (tertiary/aromatic N) is 3. The van der Waals surface area contributed by atoms with Crippen LogP contribution in [0.15, 0.2) is 42.7 Å². The molecule has 1 aliphatic heterocycles. The van der Waals surface area contributed by atoms with Gasteiger partial charge in [0.2, 0.25) is 5.91 Å². The number of aromatic nitrogens is 2. The molecular weight excluding hydrogens is 331 g/mol. The molecule has 1 saturated heterocycles. The lowest BCUT2D eigenvalue weighted by Gasteiger charge is -2.32. The number of carbonyl (C=O) groups excluding carboxylic acids is 1. The Morgan fingerprint density at radius 1 is 1.27 bits per heavy atom. The van der Waals surface area contributed by atoms with Gasteiger partial charge in [-0.05, 0) is 62.9 Å². The standard InChI is InChI=1S/C20H27FN4O/c21-18-7-1-2-8-19(18)23-20(26)10-9-17-6-3-12-24(16-17)13-5-15-25-14-4-11-22-25/h1-2,4,7-8,11,14,17H,3,5-6,9-10,12-13,15-16H2,(H,23,26)/t17-/m1/s1. The van der Waals surface area contributed by atoms with Crippen LogP contribution in [0.5, 0.6) is 0 Å². The molecule has 0 unspecified atom stereocenters. The summed E-state index contributed by atoms with van der Waals surface area (Å²) >= 11 is 0. The lowest BCUT2D eigenvalue weighted by molar-refractivity contribution is -0.116. The van der Waals surface area contributed by atoms with Crippen molar-refractivity contribution in [3.05, 3.63) is 48.5 Å². The van der Waals surface area contributed by atoms with Gasteiger partial charge in [0.1, 0.15) is 5.82 Å². The third-order valence-electron chi connectivity index (χ3n) is 4.95. The minimum atomic E-state index is -0.387. The van der Waals surface area contributed by atoms with Crippen LogP contribution in [0.1, 0.15) is 32.1 Å². The van der Waals surface area contributed by atoms with Crippen LogP contribution in [0.3, 0.4) is 0 Å². The molecule has 3 rings (SSSR count). The molecule has 1 atom stereocenters. The molecule has 1 amide bonds. The average molecular weight is 358 g/mol. The molecule has 2 aromatic rings. The lowest BCUT2D eigenvalue weighted by Crippen LogP contribution is -2.36. The van der Waals surface area contributed by atoms with Crippen LogP contribution in [0.2, 0.25) is 0 Å². The van der Waals surface area contributed by atoms with Gasteiger partial charge < -0.3 is 10.2 Å². The number of benzene rings is 1. The molecule has 2 heterocycles. The van der Waals surface area contributed by atoms with Crippen molar-refractivity contribution in [2.75, 3.05) is 25.0 Å². The Hall–Kier alpha value is -2.21. The van der Waals surface area contributed by atoms with Gasteiger partial charge in [0.25, 0.3) is 0 Å². The van der Waals surface area contributed by atoms with Gasteiger partial charge in [-0.3, -0.25) is 9.48 Å². The molecule has 140 valence electrons. The third-order valence-corrected chi connectivity index (χ3v) is 4.95. The predicted octanol–water partition coefficient (Wildman–Crippen LogP) is 3.54. The van der Waals surface area contributed by atoms with Crippen molar-refractivity contribution < 1.29 is 9.18 Å². The van der Waals surface area contributed by atoms with Crippen molar-refractivity contribution in [3.8, 4) is 0 Å². The Morgan fingerprint density at radius 2 is 2.15 bits per heavy atom. The van der Waals surface area contributed by atoms with E-state index in [0.29, 0.717) is 12.3 Å². The van der Waals surface area contributed by atoms with Gasteiger partial charge in [-0.25, -0.2) is 4.39 Å². The van der Waals surface area contributed by atoms with Gasteiger partial charge in [-0.15, -0.1) is 0 Å². The maximum Gasteiger partial charge on any atom is 0.224 e. The molecule has 1 aromatic carbocycles. The highest BCUT2D eigenvalue weighted by Crippen LogP contribution is 2.22. The van der Waals surface area contributed by atoms with E-state index in [1.807, 2.05) is 23.1 Å². The van der Waals surface area contributed by atoms with Gasteiger partial charge >= 0.3 is 0 Å². The molecule has 1 aliphatic rings. The first-order valence-electron chi connectivity index (χ1n) is 9.45. The first-order chi connectivity index (χ1) is 12.7. The van der Waals surface area contributed by atoms with Crippen molar-refractivity contribution in [2.24, 2.45) is 5.92 Å². The van der Waals surface area contributed by atoms with E-state index >= 15 is 0 Å². The number of rotatable bonds is 8. The molecule has 1 N–H and O–H groups in total. The van der Waals surface area contributed by atoms with Gasteiger partial charge in [0, 0.05) is 31.9 Å². The van der Waals surface area contributed by atoms with E-state index in [2.05, 4.69) is 15.3 Å². The number of likely N-dealkylation sites (tertiary alicyclic amines) is 1. The topological polar surface area (TPSA) is 50.2 Å². The number of hydrogen-bond acceptors (Lipinski definition) is 3. The molecule has 0 aliphatic carbocycles. The van der Waals surface area contributed by atoms with Crippen molar-refractivity contribution in [2.45, 2.75) is 38.6 Å². The minimum Gasteiger partial charge on any atom is -0.324 e. The van der Waals surface area contributed by atoms with E-state index in [9.17, 15) is 9.18 Å². The Kier molecular flexibility index (Phi) is 6.77. The first kappa shape index (κ1) is 18.6. The van der Waals surface area contributed by atoms with Crippen molar-refractivity contribution >= 4 is 11.6 Å². The number of amides is 1. The smallest absolute Gasteiger partial charge is 0.224 e. The third kappa shape index (κ3) is 5.66. The molecule has 0 bridgehead atoms. The van der Waals surface area contributed by atoms with Gasteiger partial charge in [-0.1, -0.05) is 12.1 Å². The van der Waals surface area contributed by atoms with E-state index in [1.54, 1.807) is 18.2 Å². The molecule has 0 radical (unpaired) electrons. The van der Waals surface area contributed by atoms with Crippen LogP contribution < -0.4 is 5.32 Å². The number of anilines is 1. The highest BCUT2D eigenvalue weighted by Gasteiger charge is 2.20. The predicted molar refractivity (Wildman–Crippen MR) is 100 cm³/mol.